The van der Waals surface area contributed by atoms with Crippen LogP contribution in [0.4, 0.5) is 5.69 Å². The summed E-state index contributed by atoms with van der Waals surface area (Å²) in [7, 11) is 0. The summed E-state index contributed by atoms with van der Waals surface area (Å²) in [6.07, 6.45) is 3.28. The molecule has 0 spiro atoms. The van der Waals surface area contributed by atoms with E-state index >= 15 is 0 Å². The molecule has 0 saturated heterocycles. The molecule has 2 aromatic rings. The van der Waals surface area contributed by atoms with Crippen LogP contribution in [0.5, 0.6) is 0 Å². The second-order valence-corrected chi connectivity index (χ2v) is 8.73. The number of amides is 5. The number of rotatable bonds is 11. The van der Waals surface area contributed by atoms with Gasteiger partial charge in [0.15, 0.2) is 0 Å². The number of hydrogen-bond acceptors (Lipinski definition) is 5. The fourth-order valence-electron chi connectivity index (χ4n) is 4.25. The van der Waals surface area contributed by atoms with Crippen LogP contribution in [0.1, 0.15) is 73.6 Å². The Bertz CT molecular complexity index is 1140. The third kappa shape index (κ3) is 6.03. The summed E-state index contributed by atoms with van der Waals surface area (Å²) in [6, 6.07) is 7.73. The Balaban J connectivity index is 1.83. The highest BCUT2D eigenvalue weighted by atomic mass is 16.2. The van der Waals surface area contributed by atoms with E-state index in [1.165, 1.54) is 18.7 Å². The fourth-order valence-corrected chi connectivity index (χ4v) is 4.25. The molecule has 1 unspecified atom stereocenters. The molecule has 0 aromatic heterocycles. The van der Waals surface area contributed by atoms with E-state index in [0.29, 0.717) is 59.9 Å². The normalized spacial score (nSPS) is 13.5. The van der Waals surface area contributed by atoms with Crippen LogP contribution in [0, 0.1) is 0 Å². The fraction of sp³-hybridized carbons (Fsp3) is 0.423. The maximum Gasteiger partial charge on any atom is 0.261 e. The number of hydrogen-bond donors (Lipinski definition) is 3. The van der Waals surface area contributed by atoms with Gasteiger partial charge in [-0.15, -0.1) is 0 Å². The van der Waals surface area contributed by atoms with Crippen molar-refractivity contribution in [2.45, 2.75) is 58.9 Å². The first-order valence-corrected chi connectivity index (χ1v) is 12.0. The van der Waals surface area contributed by atoms with E-state index in [1.807, 2.05) is 6.92 Å². The molecule has 0 radical (unpaired) electrons. The monoisotopic (exact) mass is 480 g/mol. The minimum atomic E-state index is -0.761. The molecular weight excluding hydrogens is 448 g/mol. The van der Waals surface area contributed by atoms with Crippen molar-refractivity contribution in [3.05, 3.63) is 41.5 Å². The lowest BCUT2D eigenvalue weighted by atomic mass is 9.92. The molecule has 3 rings (SSSR count). The average molecular weight is 481 g/mol. The summed E-state index contributed by atoms with van der Waals surface area (Å²) in [4.78, 5) is 63.1. The molecule has 0 bridgehead atoms. The van der Waals surface area contributed by atoms with Crippen LogP contribution >= 0.6 is 0 Å². The van der Waals surface area contributed by atoms with E-state index in [2.05, 4.69) is 16.0 Å². The minimum absolute atomic E-state index is 0.116. The van der Waals surface area contributed by atoms with E-state index in [9.17, 15) is 24.0 Å². The predicted molar refractivity (Wildman–Crippen MR) is 133 cm³/mol. The molecule has 5 amide bonds. The van der Waals surface area contributed by atoms with Gasteiger partial charge in [-0.25, -0.2) is 0 Å². The van der Waals surface area contributed by atoms with E-state index in [0.717, 1.165) is 12.8 Å². The lowest BCUT2D eigenvalue weighted by molar-refractivity contribution is -0.125. The van der Waals surface area contributed by atoms with Gasteiger partial charge in [0.25, 0.3) is 11.8 Å². The molecule has 186 valence electrons. The highest BCUT2D eigenvalue weighted by Gasteiger charge is 2.33. The maximum absolute atomic E-state index is 13.1. The van der Waals surface area contributed by atoms with Crippen LogP contribution in [0.15, 0.2) is 30.3 Å². The molecule has 9 nitrogen and oxygen atoms in total. The number of benzene rings is 2. The second kappa shape index (κ2) is 11.6. The standard InChI is InChI=1S/C26H32N4O5/c1-4-5-15-30-25(34)19-10-8-9-18-21(13-12-20(23(18)19)26(30)35)29-24(33)22(28-17(3)32)11-6-7-14-27-16(2)31/h8-10,12-13,22H,4-7,11,14-15H2,1-3H3,(H,27,31)(H,28,32)(H,29,33). The van der Waals surface area contributed by atoms with Gasteiger partial charge < -0.3 is 16.0 Å². The SMILES string of the molecule is CCCCN1C(=O)c2cccc3c(NC(=O)C(CCCCNC(C)=O)NC(C)=O)ccc(c23)C1=O. The first kappa shape index (κ1) is 25.9. The summed E-state index contributed by atoms with van der Waals surface area (Å²) in [5, 5.41) is 9.38. The Morgan fingerprint density at radius 3 is 2.29 bits per heavy atom. The zero-order chi connectivity index (χ0) is 25.5. The van der Waals surface area contributed by atoms with E-state index < -0.39 is 11.9 Å². The van der Waals surface area contributed by atoms with Gasteiger partial charge in [0, 0.05) is 54.5 Å². The van der Waals surface area contributed by atoms with Crippen molar-refractivity contribution in [2.24, 2.45) is 0 Å². The molecule has 1 aliphatic heterocycles. The first-order chi connectivity index (χ1) is 16.7. The number of nitrogens with one attached hydrogen (secondary N) is 3. The summed E-state index contributed by atoms with van der Waals surface area (Å²) >= 11 is 0. The van der Waals surface area contributed by atoms with Gasteiger partial charge in [0.1, 0.15) is 6.04 Å². The van der Waals surface area contributed by atoms with Crippen LogP contribution in [0.2, 0.25) is 0 Å². The van der Waals surface area contributed by atoms with Crippen molar-refractivity contribution in [1.29, 1.82) is 0 Å². The number of carbonyl (C=O) groups excluding carboxylic acids is 5. The lowest BCUT2D eigenvalue weighted by Gasteiger charge is -2.28. The molecule has 1 aliphatic rings. The van der Waals surface area contributed by atoms with Crippen molar-refractivity contribution in [2.75, 3.05) is 18.4 Å². The van der Waals surface area contributed by atoms with Crippen LogP contribution in [-0.4, -0.2) is 53.6 Å². The topological polar surface area (TPSA) is 125 Å². The lowest BCUT2D eigenvalue weighted by Crippen LogP contribution is -2.43. The van der Waals surface area contributed by atoms with Gasteiger partial charge in [-0.1, -0.05) is 25.5 Å². The summed E-state index contributed by atoms with van der Waals surface area (Å²) in [5.74, 6) is -1.50. The molecule has 1 heterocycles. The summed E-state index contributed by atoms with van der Waals surface area (Å²) in [6.45, 7) is 5.65. The smallest absolute Gasteiger partial charge is 0.261 e. The molecule has 35 heavy (non-hydrogen) atoms. The largest absolute Gasteiger partial charge is 0.356 e. The number of imide groups is 1. The van der Waals surface area contributed by atoms with Gasteiger partial charge in [-0.2, -0.15) is 0 Å². The third-order valence-electron chi connectivity index (χ3n) is 5.97. The highest BCUT2D eigenvalue weighted by molar-refractivity contribution is 6.27. The Morgan fingerprint density at radius 1 is 0.914 bits per heavy atom. The number of unbranched alkanes of at least 4 members (excludes halogenated alkanes) is 2. The number of anilines is 1. The van der Waals surface area contributed by atoms with Crippen LogP contribution in [0.25, 0.3) is 10.8 Å². The highest BCUT2D eigenvalue weighted by Crippen LogP contribution is 2.34. The van der Waals surface area contributed by atoms with Gasteiger partial charge in [-0.3, -0.25) is 28.9 Å². The zero-order valence-corrected chi connectivity index (χ0v) is 20.4. The quantitative estimate of drug-likeness (QED) is 0.337. The Kier molecular flexibility index (Phi) is 8.57. The van der Waals surface area contributed by atoms with E-state index in [4.69, 9.17) is 0 Å². The zero-order valence-electron chi connectivity index (χ0n) is 20.4. The molecule has 0 aliphatic carbocycles. The number of carbonyl (C=O) groups is 5. The van der Waals surface area contributed by atoms with Gasteiger partial charge in [0.2, 0.25) is 17.7 Å². The molecule has 0 saturated carbocycles. The van der Waals surface area contributed by atoms with Crippen molar-refractivity contribution >= 4 is 46.0 Å². The van der Waals surface area contributed by atoms with Crippen LogP contribution in [0.3, 0.4) is 0 Å². The Labute approximate surface area is 204 Å². The van der Waals surface area contributed by atoms with Crippen LogP contribution < -0.4 is 16.0 Å². The second-order valence-electron chi connectivity index (χ2n) is 8.73. The first-order valence-electron chi connectivity index (χ1n) is 12.0. The Hall–Kier alpha value is -3.75. The maximum atomic E-state index is 13.1. The number of nitrogens with zero attached hydrogens (tertiary/aromatic N) is 1. The minimum Gasteiger partial charge on any atom is -0.356 e. The van der Waals surface area contributed by atoms with Crippen LogP contribution in [-0.2, 0) is 14.4 Å². The predicted octanol–water partition coefficient (Wildman–Crippen LogP) is 2.99. The van der Waals surface area contributed by atoms with Gasteiger partial charge >= 0.3 is 0 Å². The van der Waals surface area contributed by atoms with E-state index in [1.54, 1.807) is 30.3 Å². The Morgan fingerprint density at radius 2 is 1.63 bits per heavy atom. The molecule has 0 fully saturated rings. The molecule has 2 aromatic carbocycles. The third-order valence-corrected chi connectivity index (χ3v) is 5.97. The van der Waals surface area contributed by atoms with Crippen molar-refractivity contribution in [3.8, 4) is 0 Å². The van der Waals surface area contributed by atoms with Gasteiger partial charge in [-0.05, 0) is 43.9 Å². The summed E-state index contributed by atoms with van der Waals surface area (Å²) < 4.78 is 0. The molecule has 9 heteroatoms. The summed E-state index contributed by atoms with van der Waals surface area (Å²) in [5.41, 5.74) is 1.33. The van der Waals surface area contributed by atoms with Crippen molar-refractivity contribution < 1.29 is 24.0 Å². The van der Waals surface area contributed by atoms with Crippen molar-refractivity contribution in [3.63, 3.8) is 0 Å². The van der Waals surface area contributed by atoms with Gasteiger partial charge in [0.05, 0.1) is 0 Å². The average Bonchev–Trinajstić information content (AvgIpc) is 2.81. The molecule has 1 atom stereocenters. The molecule has 3 N–H and O–H groups in total. The van der Waals surface area contributed by atoms with E-state index in [-0.39, 0.29) is 23.6 Å². The van der Waals surface area contributed by atoms with Crippen molar-refractivity contribution in [1.82, 2.24) is 15.5 Å². The molecular formula is C26H32N4O5.